The topological polar surface area (TPSA) is 55.4 Å². The Morgan fingerprint density at radius 2 is 2.20 bits per heavy atom. The van der Waals surface area contributed by atoms with Crippen LogP contribution in [-0.4, -0.2) is 24.5 Å². The van der Waals surface area contributed by atoms with Crippen LogP contribution in [0.4, 0.5) is 0 Å². The van der Waals surface area contributed by atoms with Gasteiger partial charge < -0.3 is 10.1 Å². The summed E-state index contributed by atoms with van der Waals surface area (Å²) in [4.78, 5) is 23.1. The van der Waals surface area contributed by atoms with Gasteiger partial charge >= 0.3 is 5.97 Å². The predicted octanol–water partition coefficient (Wildman–Crippen LogP) is 0.876. The van der Waals surface area contributed by atoms with Crippen molar-refractivity contribution in [2.75, 3.05) is 7.11 Å². The second-order valence-corrected chi connectivity index (χ2v) is 4.15. The molecule has 4 heteroatoms. The third-order valence-corrected chi connectivity index (χ3v) is 2.72. The Morgan fingerprint density at radius 3 is 2.53 bits per heavy atom. The lowest BCUT2D eigenvalue weighted by Crippen LogP contribution is -2.47. The van der Waals surface area contributed by atoms with Crippen molar-refractivity contribution in [2.45, 2.75) is 25.8 Å². The standard InChI is InChI=1S/C11H17NO3/c1-5-8-6-11(8,10(14)15-4)12-9(13)7(2)3/h5,7-8H,1,6H2,2-4H3,(H,12,13). The van der Waals surface area contributed by atoms with Crippen LogP contribution in [0.5, 0.6) is 0 Å². The first-order chi connectivity index (χ1) is 6.97. The average Bonchev–Trinajstić information content (AvgIpc) is 2.91. The van der Waals surface area contributed by atoms with E-state index in [4.69, 9.17) is 0 Å². The first kappa shape index (κ1) is 11.8. The molecule has 1 amide bonds. The van der Waals surface area contributed by atoms with Gasteiger partial charge in [-0.25, -0.2) is 4.79 Å². The Labute approximate surface area is 89.7 Å². The van der Waals surface area contributed by atoms with Gasteiger partial charge in [0.05, 0.1) is 7.11 Å². The molecule has 15 heavy (non-hydrogen) atoms. The zero-order valence-corrected chi connectivity index (χ0v) is 9.37. The number of hydrogen-bond acceptors (Lipinski definition) is 3. The highest BCUT2D eigenvalue weighted by Gasteiger charge is 2.60. The molecule has 1 N–H and O–H groups in total. The summed E-state index contributed by atoms with van der Waals surface area (Å²) in [5.74, 6) is -0.670. The fraction of sp³-hybridized carbons (Fsp3) is 0.636. The van der Waals surface area contributed by atoms with Crippen LogP contribution in [0.1, 0.15) is 20.3 Å². The van der Waals surface area contributed by atoms with Crippen molar-refractivity contribution < 1.29 is 14.3 Å². The first-order valence-electron chi connectivity index (χ1n) is 5.01. The summed E-state index contributed by atoms with van der Waals surface area (Å²) in [5.41, 5.74) is -0.849. The molecule has 0 radical (unpaired) electrons. The van der Waals surface area contributed by atoms with Crippen molar-refractivity contribution >= 4 is 11.9 Å². The molecular formula is C11H17NO3. The molecule has 1 saturated carbocycles. The molecule has 1 aliphatic carbocycles. The van der Waals surface area contributed by atoms with E-state index in [9.17, 15) is 9.59 Å². The molecule has 2 unspecified atom stereocenters. The van der Waals surface area contributed by atoms with Crippen LogP contribution in [-0.2, 0) is 14.3 Å². The minimum atomic E-state index is -0.849. The lowest BCUT2D eigenvalue weighted by molar-refractivity contribution is -0.147. The largest absolute Gasteiger partial charge is 0.467 e. The van der Waals surface area contributed by atoms with E-state index in [1.807, 2.05) is 0 Å². The second kappa shape index (κ2) is 4.04. The normalized spacial score (nSPS) is 28.4. The molecule has 0 aromatic carbocycles. The summed E-state index contributed by atoms with van der Waals surface area (Å²) in [6.07, 6.45) is 2.26. The maximum atomic E-state index is 11.5. The van der Waals surface area contributed by atoms with Gasteiger partial charge in [0.2, 0.25) is 5.91 Å². The molecule has 0 saturated heterocycles. The van der Waals surface area contributed by atoms with E-state index in [0.717, 1.165) is 0 Å². The van der Waals surface area contributed by atoms with Gasteiger partial charge in [-0.1, -0.05) is 19.9 Å². The monoisotopic (exact) mass is 211 g/mol. The number of hydrogen-bond donors (Lipinski definition) is 1. The highest BCUT2D eigenvalue weighted by atomic mass is 16.5. The highest BCUT2D eigenvalue weighted by molar-refractivity contribution is 5.92. The van der Waals surface area contributed by atoms with Crippen molar-refractivity contribution in [3.8, 4) is 0 Å². The van der Waals surface area contributed by atoms with Crippen LogP contribution < -0.4 is 5.32 Å². The summed E-state index contributed by atoms with van der Waals surface area (Å²) < 4.78 is 4.69. The molecule has 84 valence electrons. The number of amides is 1. The van der Waals surface area contributed by atoms with E-state index in [1.54, 1.807) is 19.9 Å². The van der Waals surface area contributed by atoms with Gasteiger partial charge in [0.15, 0.2) is 0 Å². The van der Waals surface area contributed by atoms with Crippen LogP contribution in [0.3, 0.4) is 0 Å². The summed E-state index contributed by atoms with van der Waals surface area (Å²) in [5, 5.41) is 2.73. The molecule has 0 aliphatic heterocycles. The van der Waals surface area contributed by atoms with Crippen molar-refractivity contribution in [1.29, 1.82) is 0 Å². The Balaban J connectivity index is 2.73. The van der Waals surface area contributed by atoms with E-state index in [0.29, 0.717) is 6.42 Å². The number of nitrogens with one attached hydrogen (secondary N) is 1. The van der Waals surface area contributed by atoms with Gasteiger partial charge in [-0.15, -0.1) is 6.58 Å². The number of methoxy groups -OCH3 is 1. The third-order valence-electron chi connectivity index (χ3n) is 2.72. The summed E-state index contributed by atoms with van der Waals surface area (Å²) in [7, 11) is 1.32. The van der Waals surface area contributed by atoms with Gasteiger partial charge in [-0.2, -0.15) is 0 Å². The maximum Gasteiger partial charge on any atom is 0.332 e. The number of carbonyl (C=O) groups excluding carboxylic acids is 2. The number of rotatable bonds is 4. The van der Waals surface area contributed by atoms with Gasteiger partial charge in [-0.05, 0) is 6.42 Å². The molecule has 0 heterocycles. The lowest BCUT2D eigenvalue weighted by atomic mass is 10.1. The van der Waals surface area contributed by atoms with E-state index >= 15 is 0 Å². The molecule has 1 aliphatic rings. The van der Waals surface area contributed by atoms with Gasteiger partial charge in [0.1, 0.15) is 5.54 Å². The van der Waals surface area contributed by atoms with Crippen molar-refractivity contribution in [1.82, 2.24) is 5.32 Å². The minimum absolute atomic E-state index is 0.00681. The molecule has 2 atom stereocenters. The number of ether oxygens (including phenoxy) is 1. The lowest BCUT2D eigenvalue weighted by Gasteiger charge is -2.17. The predicted molar refractivity (Wildman–Crippen MR) is 56.0 cm³/mol. The molecular weight excluding hydrogens is 194 g/mol. The SMILES string of the molecule is C=CC1CC1(NC(=O)C(C)C)C(=O)OC. The van der Waals surface area contributed by atoms with Crippen molar-refractivity contribution in [3.05, 3.63) is 12.7 Å². The Kier molecular flexibility index (Phi) is 3.17. The molecule has 0 aromatic heterocycles. The van der Waals surface area contributed by atoms with E-state index in [-0.39, 0.29) is 23.7 Å². The zero-order valence-electron chi connectivity index (χ0n) is 9.37. The molecule has 1 rings (SSSR count). The van der Waals surface area contributed by atoms with Crippen molar-refractivity contribution in [2.24, 2.45) is 11.8 Å². The quantitative estimate of drug-likeness (QED) is 0.554. The summed E-state index contributed by atoms with van der Waals surface area (Å²) >= 11 is 0. The highest BCUT2D eigenvalue weighted by Crippen LogP contribution is 2.45. The van der Waals surface area contributed by atoms with E-state index in [1.165, 1.54) is 7.11 Å². The van der Waals surface area contributed by atoms with Crippen LogP contribution in [0.15, 0.2) is 12.7 Å². The van der Waals surface area contributed by atoms with Crippen LogP contribution in [0.25, 0.3) is 0 Å². The molecule has 1 fully saturated rings. The molecule has 0 aromatic rings. The smallest absolute Gasteiger partial charge is 0.332 e. The van der Waals surface area contributed by atoms with Gasteiger partial charge in [0.25, 0.3) is 0 Å². The van der Waals surface area contributed by atoms with Crippen LogP contribution >= 0.6 is 0 Å². The number of carbonyl (C=O) groups is 2. The fourth-order valence-electron chi connectivity index (χ4n) is 1.55. The average molecular weight is 211 g/mol. The van der Waals surface area contributed by atoms with Crippen LogP contribution in [0.2, 0.25) is 0 Å². The molecule has 0 spiro atoms. The second-order valence-electron chi connectivity index (χ2n) is 4.15. The van der Waals surface area contributed by atoms with E-state index < -0.39 is 5.54 Å². The summed E-state index contributed by atoms with van der Waals surface area (Å²) in [6.45, 7) is 7.19. The molecule has 4 nitrogen and oxygen atoms in total. The van der Waals surface area contributed by atoms with Crippen LogP contribution in [0, 0.1) is 11.8 Å². The zero-order chi connectivity index (χ0) is 11.6. The van der Waals surface area contributed by atoms with Crippen molar-refractivity contribution in [3.63, 3.8) is 0 Å². The Morgan fingerprint density at radius 1 is 1.60 bits per heavy atom. The maximum absolute atomic E-state index is 11.5. The third kappa shape index (κ3) is 2.03. The van der Waals surface area contributed by atoms with E-state index in [2.05, 4.69) is 16.6 Å². The molecule has 0 bridgehead atoms. The Bertz CT molecular complexity index is 298. The fourth-order valence-corrected chi connectivity index (χ4v) is 1.55. The van der Waals surface area contributed by atoms with Gasteiger partial charge in [0, 0.05) is 11.8 Å². The number of esters is 1. The first-order valence-corrected chi connectivity index (χ1v) is 5.01. The van der Waals surface area contributed by atoms with Gasteiger partial charge in [-0.3, -0.25) is 4.79 Å². The summed E-state index contributed by atoms with van der Waals surface area (Å²) in [6, 6.07) is 0. The Hall–Kier alpha value is -1.32. The minimum Gasteiger partial charge on any atom is -0.467 e.